The molecule has 0 bridgehead atoms. The SMILES string of the molecule is Cc1ccc(C)c(-n2c(O)c(C=NNC(=O)c3cccnc3)c(=O)[nH]c2=O)c1. The van der Waals surface area contributed by atoms with Gasteiger partial charge < -0.3 is 5.11 Å². The van der Waals surface area contributed by atoms with Crippen LogP contribution in [0.4, 0.5) is 0 Å². The number of aromatic amines is 1. The average Bonchev–Trinajstić information content (AvgIpc) is 2.67. The van der Waals surface area contributed by atoms with E-state index in [0.29, 0.717) is 5.69 Å². The number of carbonyl (C=O) groups is 1. The fourth-order valence-corrected chi connectivity index (χ4v) is 2.56. The van der Waals surface area contributed by atoms with E-state index in [4.69, 9.17) is 0 Å². The highest BCUT2D eigenvalue weighted by molar-refractivity contribution is 5.94. The quantitative estimate of drug-likeness (QED) is 0.460. The van der Waals surface area contributed by atoms with Gasteiger partial charge in [-0.1, -0.05) is 12.1 Å². The lowest BCUT2D eigenvalue weighted by atomic mass is 10.1. The van der Waals surface area contributed by atoms with E-state index in [9.17, 15) is 19.5 Å². The molecule has 9 heteroatoms. The molecule has 0 aliphatic carbocycles. The first-order chi connectivity index (χ1) is 13.4. The Labute approximate surface area is 159 Å². The Morgan fingerprint density at radius 3 is 2.79 bits per heavy atom. The molecule has 1 amide bonds. The van der Waals surface area contributed by atoms with E-state index in [1.807, 2.05) is 13.0 Å². The molecule has 142 valence electrons. The van der Waals surface area contributed by atoms with E-state index in [1.165, 1.54) is 12.4 Å². The summed E-state index contributed by atoms with van der Waals surface area (Å²) in [5.41, 5.74) is 2.65. The molecule has 0 fully saturated rings. The van der Waals surface area contributed by atoms with Crippen LogP contribution in [0.25, 0.3) is 5.69 Å². The minimum atomic E-state index is -0.830. The third kappa shape index (κ3) is 3.73. The fraction of sp³-hybridized carbons (Fsp3) is 0.105. The molecule has 3 N–H and O–H groups in total. The van der Waals surface area contributed by atoms with Gasteiger partial charge in [0.2, 0.25) is 5.88 Å². The summed E-state index contributed by atoms with van der Waals surface area (Å²) in [6, 6.07) is 8.50. The van der Waals surface area contributed by atoms with Crippen molar-refractivity contribution in [2.45, 2.75) is 13.8 Å². The summed E-state index contributed by atoms with van der Waals surface area (Å²) in [6.45, 7) is 3.61. The van der Waals surface area contributed by atoms with Crippen molar-refractivity contribution < 1.29 is 9.90 Å². The van der Waals surface area contributed by atoms with E-state index in [0.717, 1.165) is 21.9 Å². The molecule has 2 heterocycles. The van der Waals surface area contributed by atoms with Gasteiger partial charge in [-0.2, -0.15) is 5.10 Å². The molecular formula is C19H17N5O4. The van der Waals surface area contributed by atoms with Crippen molar-refractivity contribution in [3.63, 3.8) is 0 Å². The third-order valence-corrected chi connectivity index (χ3v) is 4.01. The monoisotopic (exact) mass is 379 g/mol. The Morgan fingerprint density at radius 1 is 1.29 bits per heavy atom. The smallest absolute Gasteiger partial charge is 0.335 e. The molecule has 0 aliphatic rings. The first-order valence-electron chi connectivity index (χ1n) is 8.28. The van der Waals surface area contributed by atoms with Gasteiger partial charge in [-0.25, -0.2) is 14.8 Å². The molecular weight excluding hydrogens is 362 g/mol. The van der Waals surface area contributed by atoms with Gasteiger partial charge in [-0.05, 0) is 43.2 Å². The van der Waals surface area contributed by atoms with Crippen LogP contribution in [0.5, 0.6) is 5.88 Å². The number of carbonyl (C=O) groups excluding carboxylic acids is 1. The normalized spacial score (nSPS) is 10.9. The number of aromatic hydroxyl groups is 1. The molecule has 0 radical (unpaired) electrons. The zero-order valence-electron chi connectivity index (χ0n) is 15.1. The Balaban J connectivity index is 1.98. The first-order valence-corrected chi connectivity index (χ1v) is 8.28. The molecule has 2 aromatic heterocycles. The molecule has 0 saturated heterocycles. The van der Waals surface area contributed by atoms with Crippen molar-refractivity contribution in [1.82, 2.24) is 20.0 Å². The maximum Gasteiger partial charge on any atom is 0.335 e. The van der Waals surface area contributed by atoms with Gasteiger partial charge in [-0.15, -0.1) is 0 Å². The van der Waals surface area contributed by atoms with Crippen molar-refractivity contribution >= 4 is 12.1 Å². The third-order valence-electron chi connectivity index (χ3n) is 4.01. The van der Waals surface area contributed by atoms with Crippen LogP contribution >= 0.6 is 0 Å². The molecule has 0 atom stereocenters. The van der Waals surface area contributed by atoms with E-state index >= 15 is 0 Å². The van der Waals surface area contributed by atoms with E-state index in [1.54, 1.807) is 31.2 Å². The highest BCUT2D eigenvalue weighted by Gasteiger charge is 2.16. The van der Waals surface area contributed by atoms with Crippen LogP contribution in [0.2, 0.25) is 0 Å². The number of pyridine rings is 1. The maximum absolute atomic E-state index is 12.3. The fourth-order valence-electron chi connectivity index (χ4n) is 2.56. The van der Waals surface area contributed by atoms with E-state index in [2.05, 4.69) is 20.5 Å². The number of amides is 1. The van der Waals surface area contributed by atoms with Crippen LogP contribution in [0.15, 0.2) is 57.4 Å². The summed E-state index contributed by atoms with van der Waals surface area (Å²) in [5, 5.41) is 14.2. The van der Waals surface area contributed by atoms with Crippen LogP contribution < -0.4 is 16.7 Å². The van der Waals surface area contributed by atoms with Crippen molar-refractivity contribution in [2.75, 3.05) is 0 Å². The van der Waals surface area contributed by atoms with Crippen LogP contribution in [-0.2, 0) is 0 Å². The van der Waals surface area contributed by atoms with Crippen molar-refractivity contribution in [3.05, 3.63) is 85.8 Å². The highest BCUT2D eigenvalue weighted by atomic mass is 16.3. The topological polar surface area (TPSA) is 129 Å². The standard InChI is InChI=1S/C19H17N5O4/c1-11-5-6-12(2)15(8-11)24-18(27)14(17(26)22-19(24)28)10-21-23-16(25)13-4-3-7-20-9-13/h3-10,27H,1-2H3,(H,23,25)(H,22,26,28). The zero-order valence-corrected chi connectivity index (χ0v) is 15.1. The molecule has 0 aliphatic heterocycles. The lowest BCUT2D eigenvalue weighted by Crippen LogP contribution is -2.32. The maximum atomic E-state index is 12.3. The molecule has 0 spiro atoms. The highest BCUT2D eigenvalue weighted by Crippen LogP contribution is 2.19. The summed E-state index contributed by atoms with van der Waals surface area (Å²) >= 11 is 0. The minimum Gasteiger partial charge on any atom is -0.493 e. The lowest BCUT2D eigenvalue weighted by molar-refractivity contribution is 0.0954. The second-order valence-electron chi connectivity index (χ2n) is 6.06. The van der Waals surface area contributed by atoms with E-state index in [-0.39, 0.29) is 11.1 Å². The predicted octanol–water partition coefficient (Wildman–Crippen LogP) is 1.01. The molecule has 0 unspecified atom stereocenters. The molecule has 3 rings (SSSR count). The lowest BCUT2D eigenvalue weighted by Gasteiger charge is -2.12. The van der Waals surface area contributed by atoms with Crippen molar-refractivity contribution in [1.29, 1.82) is 0 Å². The van der Waals surface area contributed by atoms with Crippen molar-refractivity contribution in [3.8, 4) is 11.6 Å². The number of aryl methyl sites for hydroxylation is 2. The van der Waals surface area contributed by atoms with Gasteiger partial charge in [-0.3, -0.25) is 19.6 Å². The number of hydrogen-bond donors (Lipinski definition) is 3. The zero-order chi connectivity index (χ0) is 20.3. The van der Waals surface area contributed by atoms with Gasteiger partial charge in [0, 0.05) is 12.4 Å². The Morgan fingerprint density at radius 2 is 2.07 bits per heavy atom. The van der Waals surface area contributed by atoms with Gasteiger partial charge in [0.25, 0.3) is 11.5 Å². The Hall–Kier alpha value is -4.01. The molecule has 3 aromatic rings. The van der Waals surface area contributed by atoms with Gasteiger partial charge in [0.15, 0.2) is 0 Å². The average molecular weight is 379 g/mol. The minimum absolute atomic E-state index is 0.271. The van der Waals surface area contributed by atoms with Crippen LogP contribution in [0, 0.1) is 13.8 Å². The predicted molar refractivity (Wildman–Crippen MR) is 103 cm³/mol. The number of H-pyrrole nitrogens is 1. The van der Waals surface area contributed by atoms with Crippen LogP contribution in [-0.4, -0.2) is 31.8 Å². The largest absolute Gasteiger partial charge is 0.493 e. The van der Waals surface area contributed by atoms with Gasteiger partial charge in [0.05, 0.1) is 17.5 Å². The number of nitrogens with one attached hydrogen (secondary N) is 2. The second kappa shape index (κ2) is 7.70. The van der Waals surface area contributed by atoms with Crippen molar-refractivity contribution in [2.24, 2.45) is 5.10 Å². The number of hydrazone groups is 1. The molecule has 28 heavy (non-hydrogen) atoms. The number of rotatable bonds is 4. The van der Waals surface area contributed by atoms with Gasteiger partial charge in [0.1, 0.15) is 5.56 Å². The van der Waals surface area contributed by atoms with Crippen LogP contribution in [0.1, 0.15) is 27.0 Å². The summed E-state index contributed by atoms with van der Waals surface area (Å²) in [5.74, 6) is -1.12. The molecule has 1 aromatic carbocycles. The number of hydrogen-bond acceptors (Lipinski definition) is 6. The van der Waals surface area contributed by atoms with E-state index < -0.39 is 23.0 Å². The number of benzene rings is 1. The van der Waals surface area contributed by atoms with Gasteiger partial charge >= 0.3 is 5.69 Å². The summed E-state index contributed by atoms with van der Waals surface area (Å²) in [4.78, 5) is 42.3. The van der Waals surface area contributed by atoms with Crippen LogP contribution in [0.3, 0.4) is 0 Å². The second-order valence-corrected chi connectivity index (χ2v) is 6.06. The Bertz CT molecular complexity index is 1180. The molecule has 0 saturated carbocycles. The summed E-state index contributed by atoms with van der Waals surface area (Å²) < 4.78 is 0.980. The summed E-state index contributed by atoms with van der Waals surface area (Å²) in [7, 11) is 0. The summed E-state index contributed by atoms with van der Waals surface area (Å²) in [6.07, 6.45) is 3.85. The number of aromatic nitrogens is 3. The molecule has 9 nitrogen and oxygen atoms in total. The number of nitrogens with zero attached hydrogens (tertiary/aromatic N) is 3. The first kappa shape index (κ1) is 18.8. The Kier molecular flexibility index (Phi) is 5.16.